The standard InChI is InChI=1S/C23H28Cl2N2O3/c1-5-21(23(29)26-6-2)27(13-17-7-8-18(24)12-20(17)25)22(28)14-30-19-10-15(3)9-16(4)11-19/h7-12,21H,5-6,13-14H2,1-4H3,(H,26,29). The number of benzene rings is 2. The highest BCUT2D eigenvalue weighted by molar-refractivity contribution is 6.35. The van der Waals surface area contributed by atoms with E-state index < -0.39 is 6.04 Å². The molecule has 0 aliphatic carbocycles. The summed E-state index contributed by atoms with van der Waals surface area (Å²) in [6.07, 6.45) is 0.465. The fourth-order valence-corrected chi connectivity index (χ4v) is 3.76. The van der Waals surface area contributed by atoms with Gasteiger partial charge >= 0.3 is 0 Å². The largest absolute Gasteiger partial charge is 0.484 e. The van der Waals surface area contributed by atoms with E-state index in [0.717, 1.165) is 11.1 Å². The van der Waals surface area contributed by atoms with Crippen LogP contribution in [0.15, 0.2) is 36.4 Å². The molecule has 2 rings (SSSR count). The Hall–Kier alpha value is -2.24. The first kappa shape index (κ1) is 24.0. The van der Waals surface area contributed by atoms with Crippen LogP contribution < -0.4 is 10.1 Å². The Morgan fingerprint density at radius 2 is 1.73 bits per heavy atom. The van der Waals surface area contributed by atoms with Crippen LogP contribution in [-0.2, 0) is 16.1 Å². The highest BCUT2D eigenvalue weighted by atomic mass is 35.5. The van der Waals surface area contributed by atoms with Gasteiger partial charge in [0.2, 0.25) is 5.91 Å². The normalized spacial score (nSPS) is 11.7. The maximum absolute atomic E-state index is 13.1. The van der Waals surface area contributed by atoms with Gasteiger partial charge in [-0.1, -0.05) is 42.3 Å². The summed E-state index contributed by atoms with van der Waals surface area (Å²) in [7, 11) is 0. The number of carbonyl (C=O) groups is 2. The van der Waals surface area contributed by atoms with Crippen LogP contribution in [0.5, 0.6) is 5.75 Å². The van der Waals surface area contributed by atoms with Gasteiger partial charge in [0.25, 0.3) is 5.91 Å². The van der Waals surface area contributed by atoms with E-state index in [1.54, 1.807) is 18.2 Å². The number of hydrogen-bond donors (Lipinski definition) is 1. The molecule has 5 nitrogen and oxygen atoms in total. The maximum atomic E-state index is 13.1. The number of nitrogens with one attached hydrogen (secondary N) is 1. The molecule has 0 spiro atoms. The predicted octanol–water partition coefficient (Wildman–Crippen LogP) is 4.93. The van der Waals surface area contributed by atoms with Crippen LogP contribution in [-0.4, -0.2) is 35.9 Å². The second kappa shape index (κ2) is 11.2. The van der Waals surface area contributed by atoms with Crippen LogP contribution in [0.2, 0.25) is 10.0 Å². The smallest absolute Gasteiger partial charge is 0.261 e. The SMILES string of the molecule is CCNC(=O)C(CC)N(Cc1ccc(Cl)cc1Cl)C(=O)COc1cc(C)cc(C)c1. The van der Waals surface area contributed by atoms with Crippen molar-refractivity contribution in [3.63, 3.8) is 0 Å². The van der Waals surface area contributed by atoms with Gasteiger partial charge in [0.15, 0.2) is 6.61 Å². The average Bonchev–Trinajstić information content (AvgIpc) is 2.67. The van der Waals surface area contributed by atoms with Crippen LogP contribution in [0.3, 0.4) is 0 Å². The molecular weight excluding hydrogens is 423 g/mol. The lowest BCUT2D eigenvalue weighted by Gasteiger charge is -2.30. The molecule has 1 atom stereocenters. The fraction of sp³-hybridized carbons (Fsp3) is 0.391. The highest BCUT2D eigenvalue weighted by Crippen LogP contribution is 2.24. The third kappa shape index (κ3) is 6.64. The van der Waals surface area contributed by atoms with Crippen molar-refractivity contribution in [2.45, 2.75) is 46.7 Å². The van der Waals surface area contributed by atoms with Crippen molar-refractivity contribution in [3.8, 4) is 5.75 Å². The molecule has 7 heteroatoms. The summed E-state index contributed by atoms with van der Waals surface area (Å²) in [5.41, 5.74) is 2.82. The molecule has 0 fully saturated rings. The molecule has 30 heavy (non-hydrogen) atoms. The zero-order valence-corrected chi connectivity index (χ0v) is 19.3. The quantitative estimate of drug-likeness (QED) is 0.588. The first-order valence-corrected chi connectivity index (χ1v) is 10.7. The zero-order chi connectivity index (χ0) is 22.3. The molecule has 2 aromatic carbocycles. The average molecular weight is 451 g/mol. The van der Waals surface area contributed by atoms with Gasteiger partial charge in [-0.05, 0) is 68.1 Å². The number of nitrogens with zero attached hydrogens (tertiary/aromatic N) is 1. The van der Waals surface area contributed by atoms with Crippen molar-refractivity contribution in [2.24, 2.45) is 0 Å². The Kier molecular flexibility index (Phi) is 9.00. The molecular formula is C23H28Cl2N2O3. The molecule has 1 N–H and O–H groups in total. The van der Waals surface area contributed by atoms with Gasteiger partial charge in [-0.2, -0.15) is 0 Å². The van der Waals surface area contributed by atoms with E-state index in [2.05, 4.69) is 5.32 Å². The number of rotatable bonds is 9. The molecule has 1 unspecified atom stereocenters. The minimum atomic E-state index is -0.632. The van der Waals surface area contributed by atoms with Crippen LogP contribution in [0, 0.1) is 13.8 Å². The lowest BCUT2D eigenvalue weighted by Crippen LogP contribution is -2.50. The second-order valence-corrected chi connectivity index (χ2v) is 8.03. The van der Waals surface area contributed by atoms with Crippen molar-refractivity contribution in [1.82, 2.24) is 10.2 Å². The number of amides is 2. The lowest BCUT2D eigenvalue weighted by atomic mass is 10.1. The van der Waals surface area contributed by atoms with Gasteiger partial charge in [-0.3, -0.25) is 9.59 Å². The van der Waals surface area contributed by atoms with Crippen molar-refractivity contribution >= 4 is 35.0 Å². The minimum absolute atomic E-state index is 0.177. The zero-order valence-electron chi connectivity index (χ0n) is 17.8. The number of carbonyl (C=O) groups excluding carboxylic acids is 2. The van der Waals surface area contributed by atoms with Crippen LogP contribution in [0.25, 0.3) is 0 Å². The van der Waals surface area contributed by atoms with Gasteiger partial charge < -0.3 is 15.0 Å². The molecule has 0 aromatic heterocycles. The van der Waals surface area contributed by atoms with E-state index in [1.165, 1.54) is 4.90 Å². The molecule has 0 radical (unpaired) electrons. The van der Waals surface area contributed by atoms with Crippen molar-refractivity contribution in [3.05, 3.63) is 63.1 Å². The molecule has 0 bridgehead atoms. The summed E-state index contributed by atoms with van der Waals surface area (Å²) in [6.45, 7) is 8.14. The van der Waals surface area contributed by atoms with E-state index in [1.807, 2.05) is 45.9 Å². The Morgan fingerprint density at radius 3 is 2.30 bits per heavy atom. The van der Waals surface area contributed by atoms with Gasteiger partial charge in [0.05, 0.1) is 0 Å². The molecule has 2 amide bonds. The van der Waals surface area contributed by atoms with E-state index in [-0.39, 0.29) is 25.0 Å². The van der Waals surface area contributed by atoms with E-state index >= 15 is 0 Å². The van der Waals surface area contributed by atoms with Crippen molar-refractivity contribution in [1.29, 1.82) is 0 Å². The third-order valence-electron chi connectivity index (χ3n) is 4.65. The van der Waals surface area contributed by atoms with E-state index in [0.29, 0.717) is 34.3 Å². The molecule has 0 heterocycles. The second-order valence-electron chi connectivity index (χ2n) is 7.19. The number of likely N-dealkylation sites (N-methyl/N-ethyl adjacent to an activating group) is 1. The van der Waals surface area contributed by atoms with Gasteiger partial charge in [0.1, 0.15) is 11.8 Å². The molecule has 0 saturated carbocycles. The van der Waals surface area contributed by atoms with Crippen LogP contribution in [0.4, 0.5) is 0 Å². The van der Waals surface area contributed by atoms with Crippen molar-refractivity contribution < 1.29 is 14.3 Å². The van der Waals surface area contributed by atoms with Gasteiger partial charge in [-0.25, -0.2) is 0 Å². The Morgan fingerprint density at radius 1 is 1.07 bits per heavy atom. The first-order chi connectivity index (χ1) is 14.2. The lowest BCUT2D eigenvalue weighted by molar-refractivity contribution is -0.142. The van der Waals surface area contributed by atoms with Crippen LogP contribution >= 0.6 is 23.2 Å². The molecule has 0 aliphatic rings. The summed E-state index contributed by atoms with van der Waals surface area (Å²) < 4.78 is 5.75. The molecule has 2 aromatic rings. The molecule has 162 valence electrons. The Labute approximate surface area is 188 Å². The highest BCUT2D eigenvalue weighted by Gasteiger charge is 2.29. The molecule has 0 aliphatic heterocycles. The number of hydrogen-bond acceptors (Lipinski definition) is 3. The number of halogens is 2. The summed E-state index contributed by atoms with van der Waals surface area (Å²) in [5.74, 6) is 0.125. The first-order valence-electron chi connectivity index (χ1n) is 9.97. The molecule has 0 saturated heterocycles. The summed E-state index contributed by atoms with van der Waals surface area (Å²) >= 11 is 12.3. The van der Waals surface area contributed by atoms with E-state index in [9.17, 15) is 9.59 Å². The third-order valence-corrected chi connectivity index (χ3v) is 5.24. The van der Waals surface area contributed by atoms with Gasteiger partial charge in [-0.15, -0.1) is 0 Å². The van der Waals surface area contributed by atoms with Gasteiger partial charge in [0, 0.05) is 23.1 Å². The maximum Gasteiger partial charge on any atom is 0.261 e. The fourth-order valence-electron chi connectivity index (χ4n) is 3.29. The minimum Gasteiger partial charge on any atom is -0.484 e. The van der Waals surface area contributed by atoms with Crippen molar-refractivity contribution in [2.75, 3.05) is 13.2 Å². The summed E-state index contributed by atoms with van der Waals surface area (Å²) in [6, 6.07) is 10.3. The summed E-state index contributed by atoms with van der Waals surface area (Å²) in [5, 5.41) is 3.76. The number of aryl methyl sites for hydroxylation is 2. The number of ether oxygens (including phenoxy) is 1. The van der Waals surface area contributed by atoms with Crippen LogP contribution in [0.1, 0.15) is 37.0 Å². The predicted molar refractivity (Wildman–Crippen MR) is 121 cm³/mol. The topological polar surface area (TPSA) is 58.6 Å². The Balaban J connectivity index is 2.26. The summed E-state index contributed by atoms with van der Waals surface area (Å²) in [4.78, 5) is 27.3. The van der Waals surface area contributed by atoms with E-state index in [4.69, 9.17) is 27.9 Å². The monoisotopic (exact) mass is 450 g/mol. The Bertz CT molecular complexity index is 882.